The molecule has 1 N–H and O–H groups in total. The number of halogens is 1. The van der Waals surface area contributed by atoms with Crippen molar-refractivity contribution >= 4 is 17.3 Å². The molecule has 4 nitrogen and oxygen atoms in total. The highest BCUT2D eigenvalue weighted by atomic mass is 19.1. The topological polar surface area (TPSA) is 50.7 Å². The molecule has 1 atom stereocenters. The van der Waals surface area contributed by atoms with Crippen molar-refractivity contribution in [3.63, 3.8) is 0 Å². The predicted octanol–water partition coefficient (Wildman–Crippen LogP) is 3.84. The second-order valence-electron chi connectivity index (χ2n) is 6.52. The molecule has 1 unspecified atom stereocenters. The number of nitrogens with zero attached hydrogens (tertiary/aromatic N) is 1. The molecule has 2 aliphatic rings. The Bertz CT molecular complexity index is 830. The monoisotopic (exact) mass is 338 g/mol. The van der Waals surface area contributed by atoms with Gasteiger partial charge in [-0.05, 0) is 66.6 Å². The van der Waals surface area contributed by atoms with Crippen LogP contribution in [-0.2, 0) is 22.5 Å². The maximum Gasteiger partial charge on any atom is 0.268 e. The maximum atomic E-state index is 13.0. The van der Waals surface area contributed by atoms with Crippen LogP contribution in [0, 0.1) is 5.82 Å². The number of hydrogen-bond donors (Lipinski definition) is 1. The molecule has 128 valence electrons. The van der Waals surface area contributed by atoms with E-state index in [2.05, 4.69) is 22.6 Å². The molecular weight excluding hydrogens is 319 g/mol. The van der Waals surface area contributed by atoms with Gasteiger partial charge in [0, 0.05) is 12.1 Å². The van der Waals surface area contributed by atoms with E-state index in [9.17, 15) is 9.18 Å². The molecule has 0 fully saturated rings. The smallest absolute Gasteiger partial charge is 0.268 e. The Hall–Kier alpha value is -2.69. The third-order valence-corrected chi connectivity index (χ3v) is 4.75. The van der Waals surface area contributed by atoms with Gasteiger partial charge < -0.3 is 10.2 Å². The molecule has 1 aliphatic heterocycles. The van der Waals surface area contributed by atoms with Gasteiger partial charge in [-0.2, -0.15) is 0 Å². The molecule has 0 aromatic heterocycles. The Kier molecular flexibility index (Phi) is 4.22. The summed E-state index contributed by atoms with van der Waals surface area (Å²) in [6, 6.07) is 12.1. The number of nitrogens with one attached hydrogen (secondary N) is 1. The van der Waals surface area contributed by atoms with Crippen molar-refractivity contribution in [2.75, 3.05) is 5.32 Å². The first-order valence-corrected chi connectivity index (χ1v) is 8.60. The standard InChI is InChI=1S/C20H19FN2O2/c21-16-8-5-14(6-9-16)18-12-19(25-23-18)20(24)22-17-10-7-13-3-1-2-4-15(13)11-17/h5-11,19H,1-4,12H2,(H,22,24). The minimum absolute atomic E-state index is 0.211. The molecule has 0 saturated carbocycles. The van der Waals surface area contributed by atoms with Crippen molar-refractivity contribution in [3.05, 3.63) is 65.0 Å². The van der Waals surface area contributed by atoms with Crippen molar-refractivity contribution in [1.82, 2.24) is 0 Å². The Morgan fingerprint density at radius 1 is 1.08 bits per heavy atom. The van der Waals surface area contributed by atoms with Gasteiger partial charge in [0.2, 0.25) is 6.10 Å². The Morgan fingerprint density at radius 3 is 2.64 bits per heavy atom. The number of anilines is 1. The van der Waals surface area contributed by atoms with E-state index >= 15 is 0 Å². The Morgan fingerprint density at radius 2 is 1.84 bits per heavy atom. The number of hydrogen-bond acceptors (Lipinski definition) is 3. The normalized spacial score (nSPS) is 18.9. The van der Waals surface area contributed by atoms with Crippen LogP contribution in [0.15, 0.2) is 47.6 Å². The first-order chi connectivity index (χ1) is 12.2. The number of fused-ring (bicyclic) bond motifs is 1. The highest BCUT2D eigenvalue weighted by Gasteiger charge is 2.29. The zero-order valence-electron chi connectivity index (χ0n) is 13.8. The largest absolute Gasteiger partial charge is 0.382 e. The second-order valence-corrected chi connectivity index (χ2v) is 6.52. The summed E-state index contributed by atoms with van der Waals surface area (Å²) in [6.45, 7) is 0. The van der Waals surface area contributed by atoms with Crippen molar-refractivity contribution in [3.8, 4) is 0 Å². The van der Waals surface area contributed by atoms with E-state index in [1.165, 1.54) is 36.1 Å². The minimum atomic E-state index is -0.656. The summed E-state index contributed by atoms with van der Waals surface area (Å²) >= 11 is 0. The summed E-state index contributed by atoms with van der Waals surface area (Å²) < 4.78 is 13.0. The highest BCUT2D eigenvalue weighted by molar-refractivity contribution is 6.06. The van der Waals surface area contributed by atoms with Crippen molar-refractivity contribution in [2.45, 2.75) is 38.2 Å². The van der Waals surface area contributed by atoms with Gasteiger partial charge in [0.25, 0.3) is 5.91 Å². The molecular formula is C20H19FN2O2. The van der Waals surface area contributed by atoms with Gasteiger partial charge in [0.05, 0.1) is 5.71 Å². The number of oxime groups is 1. The fraction of sp³-hybridized carbons (Fsp3) is 0.300. The van der Waals surface area contributed by atoms with Crippen LogP contribution in [-0.4, -0.2) is 17.7 Å². The average molecular weight is 338 g/mol. The van der Waals surface area contributed by atoms with E-state index in [0.29, 0.717) is 12.1 Å². The Labute approximate surface area is 145 Å². The third kappa shape index (κ3) is 3.40. The van der Waals surface area contributed by atoms with Crippen LogP contribution < -0.4 is 5.32 Å². The first-order valence-electron chi connectivity index (χ1n) is 8.60. The minimum Gasteiger partial charge on any atom is -0.382 e. The van der Waals surface area contributed by atoms with E-state index in [0.717, 1.165) is 24.1 Å². The molecule has 2 aromatic rings. The summed E-state index contributed by atoms with van der Waals surface area (Å²) in [7, 11) is 0. The number of carbonyl (C=O) groups excluding carboxylic acids is 1. The first kappa shape index (κ1) is 15.8. The lowest BCUT2D eigenvalue weighted by atomic mass is 9.91. The number of rotatable bonds is 3. The van der Waals surface area contributed by atoms with Crippen LogP contribution in [0.2, 0.25) is 0 Å². The lowest BCUT2D eigenvalue weighted by Crippen LogP contribution is -2.28. The van der Waals surface area contributed by atoms with Crippen LogP contribution in [0.1, 0.15) is 36.0 Å². The zero-order chi connectivity index (χ0) is 17.2. The van der Waals surface area contributed by atoms with Crippen LogP contribution in [0.5, 0.6) is 0 Å². The molecule has 25 heavy (non-hydrogen) atoms. The predicted molar refractivity (Wildman–Crippen MR) is 94.1 cm³/mol. The number of aryl methyl sites for hydroxylation is 2. The van der Waals surface area contributed by atoms with E-state index < -0.39 is 6.10 Å². The van der Waals surface area contributed by atoms with Crippen LogP contribution in [0.3, 0.4) is 0 Å². The molecule has 1 aliphatic carbocycles. The molecule has 1 heterocycles. The average Bonchev–Trinajstić information content (AvgIpc) is 3.12. The second kappa shape index (κ2) is 6.67. The lowest BCUT2D eigenvalue weighted by Gasteiger charge is -2.17. The molecule has 5 heteroatoms. The summed E-state index contributed by atoms with van der Waals surface area (Å²) in [5, 5.41) is 6.90. The zero-order valence-corrected chi connectivity index (χ0v) is 13.8. The lowest BCUT2D eigenvalue weighted by molar-refractivity contribution is -0.125. The molecule has 1 amide bonds. The van der Waals surface area contributed by atoms with E-state index in [-0.39, 0.29) is 11.7 Å². The molecule has 0 spiro atoms. The molecule has 0 saturated heterocycles. The van der Waals surface area contributed by atoms with Crippen molar-refractivity contribution in [1.29, 1.82) is 0 Å². The fourth-order valence-electron chi connectivity index (χ4n) is 3.36. The molecule has 0 radical (unpaired) electrons. The van der Waals surface area contributed by atoms with Gasteiger partial charge in [0.15, 0.2) is 0 Å². The van der Waals surface area contributed by atoms with Gasteiger partial charge in [-0.25, -0.2) is 4.39 Å². The number of carbonyl (C=O) groups is 1. The van der Waals surface area contributed by atoms with Gasteiger partial charge in [-0.1, -0.05) is 23.4 Å². The van der Waals surface area contributed by atoms with Crippen molar-refractivity contribution in [2.24, 2.45) is 5.16 Å². The van der Waals surface area contributed by atoms with Crippen LogP contribution >= 0.6 is 0 Å². The summed E-state index contributed by atoms with van der Waals surface area (Å²) in [5.41, 5.74) is 4.92. The van der Waals surface area contributed by atoms with Crippen LogP contribution in [0.4, 0.5) is 10.1 Å². The SMILES string of the molecule is O=C(Nc1ccc2c(c1)CCCC2)C1CC(c2ccc(F)cc2)=NO1. The highest BCUT2D eigenvalue weighted by Crippen LogP contribution is 2.25. The summed E-state index contributed by atoms with van der Waals surface area (Å²) in [4.78, 5) is 17.7. The van der Waals surface area contributed by atoms with Crippen LogP contribution in [0.25, 0.3) is 0 Å². The maximum absolute atomic E-state index is 13.0. The van der Waals surface area contributed by atoms with Gasteiger partial charge in [-0.15, -0.1) is 0 Å². The van der Waals surface area contributed by atoms with Gasteiger partial charge in [-0.3, -0.25) is 4.79 Å². The fourth-order valence-corrected chi connectivity index (χ4v) is 3.36. The van der Waals surface area contributed by atoms with E-state index in [1.54, 1.807) is 12.1 Å². The van der Waals surface area contributed by atoms with Gasteiger partial charge >= 0.3 is 0 Å². The number of amides is 1. The number of benzene rings is 2. The molecule has 2 aromatic carbocycles. The third-order valence-electron chi connectivity index (χ3n) is 4.75. The molecule has 4 rings (SSSR count). The van der Waals surface area contributed by atoms with Gasteiger partial charge in [0.1, 0.15) is 5.82 Å². The summed E-state index contributed by atoms with van der Waals surface area (Å²) in [6.07, 6.45) is 4.34. The quantitative estimate of drug-likeness (QED) is 0.924. The Balaban J connectivity index is 1.40. The van der Waals surface area contributed by atoms with Crippen molar-refractivity contribution < 1.29 is 14.0 Å². The summed E-state index contributed by atoms with van der Waals surface area (Å²) in [5.74, 6) is -0.512. The van der Waals surface area contributed by atoms with E-state index in [1.807, 2.05) is 6.07 Å². The molecule has 0 bridgehead atoms. The van der Waals surface area contributed by atoms with E-state index in [4.69, 9.17) is 4.84 Å².